The Morgan fingerprint density at radius 2 is 1.62 bits per heavy atom. The van der Waals surface area contributed by atoms with Crippen LogP contribution in [0.4, 0.5) is 0 Å². The summed E-state index contributed by atoms with van der Waals surface area (Å²) in [6, 6.07) is 12.7. The summed E-state index contributed by atoms with van der Waals surface area (Å²) in [5, 5.41) is 6.53. The fraction of sp³-hybridized carbons (Fsp3) is 0.375. The molecule has 0 radical (unpaired) electrons. The molecule has 1 heterocycles. The molecule has 0 spiro atoms. The van der Waals surface area contributed by atoms with Crippen molar-refractivity contribution in [3.63, 3.8) is 0 Å². The van der Waals surface area contributed by atoms with Gasteiger partial charge in [-0.3, -0.25) is 14.5 Å². The van der Waals surface area contributed by atoms with Crippen molar-refractivity contribution in [3.8, 4) is 11.5 Å². The van der Waals surface area contributed by atoms with Crippen LogP contribution in [-0.4, -0.2) is 56.5 Å². The molecule has 0 saturated heterocycles. The van der Waals surface area contributed by atoms with E-state index in [4.69, 9.17) is 9.47 Å². The molecule has 8 nitrogen and oxygen atoms in total. The first-order chi connectivity index (χ1) is 15.6. The first-order valence-electron chi connectivity index (χ1n) is 10.8. The molecule has 0 saturated carbocycles. The molecule has 2 aromatic carbocycles. The quantitative estimate of drug-likeness (QED) is 0.257. The Labute approximate surface area is 188 Å². The van der Waals surface area contributed by atoms with Crippen molar-refractivity contribution < 1.29 is 19.1 Å². The fourth-order valence-electron chi connectivity index (χ4n) is 3.54. The van der Waals surface area contributed by atoms with E-state index in [2.05, 4.69) is 15.6 Å². The third kappa shape index (κ3) is 5.38. The molecule has 170 valence electrons. The van der Waals surface area contributed by atoms with Gasteiger partial charge in [-0.1, -0.05) is 18.2 Å². The van der Waals surface area contributed by atoms with Gasteiger partial charge in [0.05, 0.1) is 31.9 Å². The number of carbonyl (C=O) groups is 2. The number of ether oxygens (including phenoxy) is 2. The van der Waals surface area contributed by atoms with E-state index in [1.54, 1.807) is 38.5 Å². The topological polar surface area (TPSA) is 92.3 Å². The van der Waals surface area contributed by atoms with Crippen LogP contribution in [0.15, 0.2) is 47.5 Å². The van der Waals surface area contributed by atoms with E-state index in [-0.39, 0.29) is 11.8 Å². The second kappa shape index (κ2) is 11.2. The fourth-order valence-corrected chi connectivity index (χ4v) is 3.54. The molecule has 3 rings (SSSR count). The van der Waals surface area contributed by atoms with Crippen molar-refractivity contribution in [2.24, 2.45) is 4.99 Å². The highest BCUT2D eigenvalue weighted by Crippen LogP contribution is 2.27. The molecule has 2 aromatic rings. The first kappa shape index (κ1) is 23.1. The molecule has 0 bridgehead atoms. The lowest BCUT2D eigenvalue weighted by molar-refractivity contribution is 0.0652. The molecule has 1 aliphatic heterocycles. The van der Waals surface area contributed by atoms with E-state index >= 15 is 0 Å². The number of amides is 2. The Kier molecular flexibility index (Phi) is 8.08. The number of unbranched alkanes of at least 4 members (excludes halogenated alkanes) is 1. The van der Waals surface area contributed by atoms with Gasteiger partial charge in [-0.25, -0.2) is 4.99 Å². The number of nitrogens with zero attached hydrogens (tertiary/aromatic N) is 2. The van der Waals surface area contributed by atoms with E-state index in [1.807, 2.05) is 25.1 Å². The normalized spacial score (nSPS) is 13.2. The summed E-state index contributed by atoms with van der Waals surface area (Å²) in [4.78, 5) is 30.8. The van der Waals surface area contributed by atoms with Crippen molar-refractivity contribution in [2.75, 3.05) is 33.9 Å². The van der Waals surface area contributed by atoms with Crippen LogP contribution in [0.2, 0.25) is 0 Å². The van der Waals surface area contributed by atoms with Crippen LogP contribution in [-0.2, 0) is 6.54 Å². The van der Waals surface area contributed by atoms with Crippen molar-refractivity contribution in [1.29, 1.82) is 0 Å². The first-order valence-corrected chi connectivity index (χ1v) is 10.8. The number of carbonyl (C=O) groups excluding carboxylic acids is 2. The molecule has 0 fully saturated rings. The van der Waals surface area contributed by atoms with Crippen LogP contribution < -0.4 is 20.1 Å². The van der Waals surface area contributed by atoms with Crippen LogP contribution in [0.25, 0.3) is 0 Å². The lowest BCUT2D eigenvalue weighted by Crippen LogP contribution is -2.38. The van der Waals surface area contributed by atoms with Gasteiger partial charge in [0.15, 0.2) is 17.5 Å². The molecule has 0 aromatic heterocycles. The Morgan fingerprint density at radius 1 is 0.938 bits per heavy atom. The highest BCUT2D eigenvalue weighted by Gasteiger charge is 2.34. The zero-order valence-corrected chi connectivity index (χ0v) is 18.8. The lowest BCUT2D eigenvalue weighted by atomic mass is 10.1. The molecule has 2 amide bonds. The predicted molar refractivity (Wildman–Crippen MR) is 123 cm³/mol. The molecule has 0 atom stereocenters. The van der Waals surface area contributed by atoms with Crippen molar-refractivity contribution >= 4 is 17.8 Å². The van der Waals surface area contributed by atoms with Crippen LogP contribution in [0, 0.1) is 0 Å². The molecule has 1 aliphatic rings. The summed E-state index contributed by atoms with van der Waals surface area (Å²) in [5.74, 6) is 1.66. The zero-order valence-electron chi connectivity index (χ0n) is 18.8. The minimum atomic E-state index is -0.205. The number of aliphatic imine (C=N–C) groups is 1. The van der Waals surface area contributed by atoms with E-state index in [0.29, 0.717) is 54.6 Å². The third-order valence-corrected chi connectivity index (χ3v) is 5.19. The van der Waals surface area contributed by atoms with Gasteiger partial charge in [0.1, 0.15) is 0 Å². The number of hydrogen-bond acceptors (Lipinski definition) is 5. The summed E-state index contributed by atoms with van der Waals surface area (Å²) in [7, 11) is 3.22. The van der Waals surface area contributed by atoms with Gasteiger partial charge in [0.2, 0.25) is 0 Å². The summed E-state index contributed by atoms with van der Waals surface area (Å²) < 4.78 is 10.6. The van der Waals surface area contributed by atoms with E-state index in [0.717, 1.165) is 18.5 Å². The molecule has 32 heavy (non-hydrogen) atoms. The number of nitrogens with one attached hydrogen (secondary N) is 2. The molecule has 0 aliphatic carbocycles. The summed E-state index contributed by atoms with van der Waals surface area (Å²) in [6.07, 6.45) is 1.52. The van der Waals surface area contributed by atoms with E-state index in [9.17, 15) is 9.59 Å². The highest BCUT2D eigenvalue weighted by atomic mass is 16.5. The minimum absolute atomic E-state index is 0.205. The van der Waals surface area contributed by atoms with Gasteiger partial charge in [-0.05, 0) is 49.6 Å². The molecule has 8 heteroatoms. The number of hydrogen-bond donors (Lipinski definition) is 2. The predicted octanol–water partition coefficient (Wildman–Crippen LogP) is 2.84. The largest absolute Gasteiger partial charge is 0.493 e. The Hall–Kier alpha value is -3.55. The Bertz CT molecular complexity index is 955. The van der Waals surface area contributed by atoms with Crippen LogP contribution in [0.5, 0.6) is 11.5 Å². The third-order valence-electron chi connectivity index (χ3n) is 5.19. The SMILES string of the molecule is CCNC(=NCc1ccc(OC)c(OC)c1)NCCCCN1C(=O)c2ccccc2C1=O. The average molecular weight is 439 g/mol. The molecule has 2 N–H and O–H groups in total. The maximum Gasteiger partial charge on any atom is 0.261 e. The van der Waals surface area contributed by atoms with Crippen LogP contribution in [0.1, 0.15) is 46.0 Å². The van der Waals surface area contributed by atoms with Gasteiger partial charge in [0, 0.05) is 19.6 Å². The highest BCUT2D eigenvalue weighted by molar-refractivity contribution is 6.21. The number of rotatable bonds is 10. The molecular formula is C24H30N4O4. The summed E-state index contributed by atoms with van der Waals surface area (Å²) in [6.45, 7) is 4.34. The van der Waals surface area contributed by atoms with Crippen LogP contribution >= 0.6 is 0 Å². The van der Waals surface area contributed by atoms with E-state index in [1.165, 1.54) is 4.90 Å². The van der Waals surface area contributed by atoms with Crippen molar-refractivity contribution in [1.82, 2.24) is 15.5 Å². The standard InChI is InChI=1S/C24H30N4O4/c1-4-25-24(27-16-17-11-12-20(31-2)21(15-17)32-3)26-13-7-8-14-28-22(29)18-9-5-6-10-19(18)23(28)30/h5-6,9-12,15H,4,7-8,13-14,16H2,1-3H3,(H2,25,26,27). The number of imide groups is 1. The smallest absolute Gasteiger partial charge is 0.261 e. The summed E-state index contributed by atoms with van der Waals surface area (Å²) in [5.41, 5.74) is 1.99. The van der Waals surface area contributed by atoms with Gasteiger partial charge in [0.25, 0.3) is 11.8 Å². The van der Waals surface area contributed by atoms with Gasteiger partial charge in [-0.2, -0.15) is 0 Å². The van der Waals surface area contributed by atoms with E-state index < -0.39 is 0 Å². The monoisotopic (exact) mass is 438 g/mol. The summed E-state index contributed by atoms with van der Waals surface area (Å²) >= 11 is 0. The second-order valence-electron chi connectivity index (χ2n) is 7.33. The maximum atomic E-state index is 12.4. The van der Waals surface area contributed by atoms with Gasteiger partial charge in [-0.15, -0.1) is 0 Å². The zero-order chi connectivity index (χ0) is 22.9. The number of methoxy groups -OCH3 is 2. The van der Waals surface area contributed by atoms with Gasteiger partial charge >= 0.3 is 0 Å². The maximum absolute atomic E-state index is 12.4. The number of fused-ring (bicyclic) bond motifs is 1. The molecular weight excluding hydrogens is 408 g/mol. The van der Waals surface area contributed by atoms with Gasteiger partial charge < -0.3 is 20.1 Å². The van der Waals surface area contributed by atoms with Crippen molar-refractivity contribution in [2.45, 2.75) is 26.3 Å². The Balaban J connectivity index is 1.47. The Morgan fingerprint density at radius 3 is 2.25 bits per heavy atom. The van der Waals surface area contributed by atoms with Crippen molar-refractivity contribution in [3.05, 3.63) is 59.2 Å². The minimum Gasteiger partial charge on any atom is -0.493 e. The number of benzene rings is 2. The average Bonchev–Trinajstić information content (AvgIpc) is 3.06. The number of guanidine groups is 1. The second-order valence-corrected chi connectivity index (χ2v) is 7.33. The van der Waals surface area contributed by atoms with Crippen LogP contribution in [0.3, 0.4) is 0 Å². The molecule has 0 unspecified atom stereocenters. The lowest BCUT2D eigenvalue weighted by Gasteiger charge is -2.15.